The van der Waals surface area contributed by atoms with Crippen molar-refractivity contribution in [3.05, 3.63) is 41.7 Å². The third-order valence-electron chi connectivity index (χ3n) is 4.81. The summed E-state index contributed by atoms with van der Waals surface area (Å²) in [6, 6.07) is 8.07. The normalized spacial score (nSPS) is 15.8. The molecule has 1 heterocycles. The molecule has 0 atom stereocenters. The Morgan fingerprint density at radius 3 is 2.65 bits per heavy atom. The standard InChI is InChI=1S/C19H25N3O3S/c1-14-11-18(22(21-14)13-15-7-4-3-5-8-15)19(23)20-16-9-6-10-17(12-16)26(2,24)25/h6,9-12,15H,3-5,7-8,13H2,1-2H3,(H,20,23). The van der Waals surface area contributed by atoms with Crippen LogP contribution in [0.2, 0.25) is 0 Å². The molecule has 0 radical (unpaired) electrons. The monoisotopic (exact) mass is 375 g/mol. The third-order valence-corrected chi connectivity index (χ3v) is 5.92. The quantitative estimate of drug-likeness (QED) is 0.868. The smallest absolute Gasteiger partial charge is 0.273 e. The highest BCUT2D eigenvalue weighted by atomic mass is 32.2. The molecular formula is C19H25N3O3S. The van der Waals surface area contributed by atoms with Crippen molar-refractivity contribution in [1.82, 2.24) is 9.78 Å². The number of hydrogen-bond acceptors (Lipinski definition) is 4. The fourth-order valence-electron chi connectivity index (χ4n) is 3.48. The SMILES string of the molecule is Cc1cc(C(=O)Nc2cccc(S(C)(=O)=O)c2)n(CC2CCCCC2)n1. The van der Waals surface area contributed by atoms with Gasteiger partial charge in [-0.3, -0.25) is 9.48 Å². The molecule has 26 heavy (non-hydrogen) atoms. The van der Waals surface area contributed by atoms with Crippen LogP contribution in [-0.4, -0.2) is 30.4 Å². The number of benzene rings is 1. The van der Waals surface area contributed by atoms with E-state index in [9.17, 15) is 13.2 Å². The molecule has 0 bridgehead atoms. The summed E-state index contributed by atoms with van der Waals surface area (Å²) in [5, 5.41) is 7.28. The molecule has 1 aromatic heterocycles. The highest BCUT2D eigenvalue weighted by Gasteiger charge is 2.20. The number of nitrogens with one attached hydrogen (secondary N) is 1. The molecule has 1 amide bonds. The van der Waals surface area contributed by atoms with E-state index in [1.165, 1.54) is 44.2 Å². The summed E-state index contributed by atoms with van der Waals surface area (Å²) in [5.41, 5.74) is 1.77. The number of amides is 1. The van der Waals surface area contributed by atoms with E-state index in [0.717, 1.165) is 18.5 Å². The molecule has 140 valence electrons. The molecule has 0 aliphatic heterocycles. The maximum Gasteiger partial charge on any atom is 0.273 e. The first-order valence-corrected chi connectivity index (χ1v) is 10.9. The Labute approximate surface area is 154 Å². The van der Waals surface area contributed by atoms with E-state index in [0.29, 0.717) is 17.3 Å². The largest absolute Gasteiger partial charge is 0.321 e. The first-order chi connectivity index (χ1) is 12.3. The van der Waals surface area contributed by atoms with E-state index in [-0.39, 0.29) is 10.8 Å². The predicted octanol–water partition coefficient (Wildman–Crippen LogP) is 3.43. The van der Waals surface area contributed by atoms with Crippen LogP contribution in [0.25, 0.3) is 0 Å². The maximum absolute atomic E-state index is 12.7. The van der Waals surface area contributed by atoms with Crippen LogP contribution < -0.4 is 5.32 Å². The molecule has 1 saturated carbocycles. The van der Waals surface area contributed by atoms with E-state index < -0.39 is 9.84 Å². The minimum absolute atomic E-state index is 0.183. The molecule has 1 aliphatic rings. The van der Waals surface area contributed by atoms with Gasteiger partial charge in [-0.05, 0) is 49.9 Å². The molecule has 7 heteroatoms. The highest BCUT2D eigenvalue weighted by Crippen LogP contribution is 2.25. The first-order valence-electron chi connectivity index (χ1n) is 8.99. The van der Waals surface area contributed by atoms with Crippen LogP contribution in [0.4, 0.5) is 5.69 Å². The van der Waals surface area contributed by atoms with Crippen molar-refractivity contribution >= 4 is 21.4 Å². The molecule has 1 N–H and O–H groups in total. The minimum atomic E-state index is -3.32. The number of carbonyl (C=O) groups is 1. The zero-order chi connectivity index (χ0) is 18.7. The van der Waals surface area contributed by atoms with E-state index in [1.54, 1.807) is 22.9 Å². The summed E-state index contributed by atoms with van der Waals surface area (Å²) in [6.07, 6.45) is 7.28. The van der Waals surface area contributed by atoms with Gasteiger partial charge in [0.1, 0.15) is 5.69 Å². The number of hydrogen-bond donors (Lipinski definition) is 1. The maximum atomic E-state index is 12.7. The zero-order valence-electron chi connectivity index (χ0n) is 15.2. The van der Waals surface area contributed by atoms with E-state index in [4.69, 9.17) is 0 Å². The summed E-state index contributed by atoms with van der Waals surface area (Å²) in [4.78, 5) is 12.9. The lowest BCUT2D eigenvalue weighted by molar-refractivity contribution is 0.101. The molecular weight excluding hydrogens is 350 g/mol. The second-order valence-corrected chi connectivity index (χ2v) is 9.13. The zero-order valence-corrected chi connectivity index (χ0v) is 16.1. The lowest BCUT2D eigenvalue weighted by Gasteiger charge is -2.22. The fourth-order valence-corrected chi connectivity index (χ4v) is 4.15. The van der Waals surface area contributed by atoms with Gasteiger partial charge in [-0.25, -0.2) is 8.42 Å². The number of sulfone groups is 1. The molecule has 1 aliphatic carbocycles. The van der Waals surface area contributed by atoms with Crippen LogP contribution in [0.3, 0.4) is 0 Å². The number of aromatic nitrogens is 2. The van der Waals surface area contributed by atoms with Gasteiger partial charge in [0.05, 0.1) is 10.6 Å². The molecule has 0 saturated heterocycles. The Kier molecular flexibility index (Phi) is 5.46. The number of nitrogens with zero attached hydrogens (tertiary/aromatic N) is 2. The van der Waals surface area contributed by atoms with E-state index in [1.807, 2.05) is 6.92 Å². The minimum Gasteiger partial charge on any atom is -0.321 e. The molecule has 6 nitrogen and oxygen atoms in total. The highest BCUT2D eigenvalue weighted by molar-refractivity contribution is 7.90. The average molecular weight is 375 g/mol. The van der Waals surface area contributed by atoms with Gasteiger partial charge in [0.25, 0.3) is 5.91 Å². The molecule has 1 fully saturated rings. The van der Waals surface area contributed by atoms with Gasteiger partial charge < -0.3 is 5.32 Å². The van der Waals surface area contributed by atoms with Crippen LogP contribution >= 0.6 is 0 Å². The molecule has 1 aromatic carbocycles. The molecule has 2 aromatic rings. The number of carbonyl (C=O) groups excluding carboxylic acids is 1. The summed E-state index contributed by atoms with van der Waals surface area (Å²) >= 11 is 0. The molecule has 3 rings (SSSR count). The average Bonchev–Trinajstić information content (AvgIpc) is 2.96. The lowest BCUT2D eigenvalue weighted by Crippen LogP contribution is -2.22. The predicted molar refractivity (Wildman–Crippen MR) is 101 cm³/mol. The molecule has 0 spiro atoms. The summed E-state index contributed by atoms with van der Waals surface area (Å²) in [5.74, 6) is 0.287. The van der Waals surface area contributed by atoms with Crippen molar-refractivity contribution in [2.24, 2.45) is 5.92 Å². The second-order valence-electron chi connectivity index (χ2n) is 7.11. The Morgan fingerprint density at radius 1 is 1.23 bits per heavy atom. The van der Waals surface area contributed by atoms with Crippen molar-refractivity contribution in [1.29, 1.82) is 0 Å². The van der Waals surface area contributed by atoms with Crippen LogP contribution in [0.1, 0.15) is 48.3 Å². The number of rotatable bonds is 5. The van der Waals surface area contributed by atoms with Gasteiger partial charge in [0.15, 0.2) is 9.84 Å². The van der Waals surface area contributed by atoms with Crippen LogP contribution in [0.5, 0.6) is 0 Å². The second kappa shape index (κ2) is 7.61. The van der Waals surface area contributed by atoms with Gasteiger partial charge in [-0.15, -0.1) is 0 Å². The lowest BCUT2D eigenvalue weighted by atomic mass is 9.89. The van der Waals surface area contributed by atoms with Crippen molar-refractivity contribution in [3.8, 4) is 0 Å². The fraction of sp³-hybridized carbons (Fsp3) is 0.474. The van der Waals surface area contributed by atoms with Crippen LogP contribution in [0.15, 0.2) is 35.2 Å². The Bertz CT molecular complexity index is 897. The van der Waals surface area contributed by atoms with Gasteiger partial charge >= 0.3 is 0 Å². The van der Waals surface area contributed by atoms with Crippen LogP contribution in [-0.2, 0) is 16.4 Å². The van der Waals surface area contributed by atoms with E-state index in [2.05, 4.69) is 10.4 Å². The molecule has 0 unspecified atom stereocenters. The topological polar surface area (TPSA) is 81.1 Å². The van der Waals surface area contributed by atoms with E-state index >= 15 is 0 Å². The van der Waals surface area contributed by atoms with Crippen molar-refractivity contribution in [3.63, 3.8) is 0 Å². The van der Waals surface area contributed by atoms with Crippen molar-refractivity contribution in [2.75, 3.05) is 11.6 Å². The van der Waals surface area contributed by atoms with Gasteiger partial charge in [0, 0.05) is 18.5 Å². The Morgan fingerprint density at radius 2 is 1.96 bits per heavy atom. The summed E-state index contributed by atoms with van der Waals surface area (Å²) in [6.45, 7) is 2.62. The Balaban J connectivity index is 1.78. The third kappa shape index (κ3) is 4.52. The summed E-state index contributed by atoms with van der Waals surface area (Å²) in [7, 11) is -3.32. The van der Waals surface area contributed by atoms with Gasteiger partial charge in [-0.1, -0.05) is 25.3 Å². The van der Waals surface area contributed by atoms with Gasteiger partial charge in [0.2, 0.25) is 0 Å². The van der Waals surface area contributed by atoms with Crippen molar-refractivity contribution in [2.45, 2.75) is 50.5 Å². The van der Waals surface area contributed by atoms with Gasteiger partial charge in [-0.2, -0.15) is 5.10 Å². The number of anilines is 1. The Hall–Kier alpha value is -2.15. The van der Waals surface area contributed by atoms with Crippen LogP contribution in [0, 0.1) is 12.8 Å². The van der Waals surface area contributed by atoms with Crippen molar-refractivity contribution < 1.29 is 13.2 Å². The summed E-state index contributed by atoms with van der Waals surface area (Å²) < 4.78 is 25.2. The first kappa shape index (κ1) is 18.6. The number of aryl methyl sites for hydroxylation is 1.